The van der Waals surface area contributed by atoms with Crippen LogP contribution in [0.3, 0.4) is 0 Å². The molecule has 1 saturated heterocycles. The summed E-state index contributed by atoms with van der Waals surface area (Å²) in [6.07, 6.45) is 3.30. The fourth-order valence-corrected chi connectivity index (χ4v) is 2.32. The SMILES string of the molecule is O=C(c1cccc(Br)c1)[C@@H]1CCCCN1. The van der Waals surface area contributed by atoms with Crippen LogP contribution in [0.15, 0.2) is 28.7 Å². The molecule has 1 aliphatic heterocycles. The van der Waals surface area contributed by atoms with Gasteiger partial charge >= 0.3 is 0 Å². The average Bonchev–Trinajstić information content (AvgIpc) is 2.29. The third kappa shape index (κ3) is 2.67. The van der Waals surface area contributed by atoms with Gasteiger partial charge in [0.1, 0.15) is 0 Å². The van der Waals surface area contributed by atoms with Gasteiger partial charge in [-0.2, -0.15) is 0 Å². The Kier molecular flexibility index (Phi) is 3.54. The molecule has 1 N–H and O–H groups in total. The zero-order valence-corrected chi connectivity index (χ0v) is 10.1. The van der Waals surface area contributed by atoms with Crippen molar-refractivity contribution in [2.24, 2.45) is 0 Å². The second-order valence-corrected chi connectivity index (χ2v) is 4.79. The number of piperidine rings is 1. The number of ketones is 1. The summed E-state index contributed by atoms with van der Waals surface area (Å²) in [5.41, 5.74) is 0.795. The van der Waals surface area contributed by atoms with Crippen molar-refractivity contribution in [3.05, 3.63) is 34.3 Å². The summed E-state index contributed by atoms with van der Waals surface area (Å²) in [7, 11) is 0. The molecule has 1 atom stereocenters. The third-order valence-electron chi connectivity index (χ3n) is 2.74. The first kappa shape index (κ1) is 10.8. The molecule has 1 aromatic rings. The third-order valence-corrected chi connectivity index (χ3v) is 3.23. The van der Waals surface area contributed by atoms with Gasteiger partial charge in [0.25, 0.3) is 0 Å². The van der Waals surface area contributed by atoms with Gasteiger partial charge < -0.3 is 5.32 Å². The van der Waals surface area contributed by atoms with E-state index in [-0.39, 0.29) is 11.8 Å². The smallest absolute Gasteiger partial charge is 0.179 e. The maximum absolute atomic E-state index is 12.1. The molecule has 1 aliphatic rings. The van der Waals surface area contributed by atoms with Crippen LogP contribution < -0.4 is 5.32 Å². The molecule has 15 heavy (non-hydrogen) atoms. The lowest BCUT2D eigenvalue weighted by Gasteiger charge is -2.22. The van der Waals surface area contributed by atoms with Crippen LogP contribution in [-0.2, 0) is 0 Å². The van der Waals surface area contributed by atoms with E-state index in [4.69, 9.17) is 0 Å². The summed E-state index contributed by atoms with van der Waals surface area (Å²) in [4.78, 5) is 12.1. The highest BCUT2D eigenvalue weighted by Gasteiger charge is 2.21. The van der Waals surface area contributed by atoms with E-state index in [0.29, 0.717) is 0 Å². The van der Waals surface area contributed by atoms with Gasteiger partial charge in [-0.05, 0) is 31.5 Å². The van der Waals surface area contributed by atoms with Gasteiger partial charge in [-0.1, -0.05) is 34.5 Å². The van der Waals surface area contributed by atoms with E-state index < -0.39 is 0 Å². The number of benzene rings is 1. The summed E-state index contributed by atoms with van der Waals surface area (Å²) in [5, 5.41) is 3.27. The molecular formula is C12H14BrNO. The van der Waals surface area contributed by atoms with Crippen LogP contribution >= 0.6 is 15.9 Å². The summed E-state index contributed by atoms with van der Waals surface area (Å²) in [5.74, 6) is 0.219. The van der Waals surface area contributed by atoms with Gasteiger partial charge in [-0.25, -0.2) is 0 Å². The van der Waals surface area contributed by atoms with Crippen LogP contribution in [0.5, 0.6) is 0 Å². The van der Waals surface area contributed by atoms with E-state index in [0.717, 1.165) is 29.4 Å². The zero-order chi connectivity index (χ0) is 10.7. The van der Waals surface area contributed by atoms with Crippen LogP contribution in [0.1, 0.15) is 29.6 Å². The minimum atomic E-state index is 0.0213. The minimum Gasteiger partial charge on any atom is -0.307 e. The fourth-order valence-electron chi connectivity index (χ4n) is 1.92. The van der Waals surface area contributed by atoms with Crippen LogP contribution in [0.2, 0.25) is 0 Å². The number of Topliss-reactive ketones (excluding diaryl/α,β-unsaturated/α-hetero) is 1. The van der Waals surface area contributed by atoms with E-state index in [1.165, 1.54) is 6.42 Å². The normalized spacial score (nSPS) is 21.3. The predicted molar refractivity (Wildman–Crippen MR) is 64.1 cm³/mol. The Hall–Kier alpha value is -0.670. The molecule has 0 saturated carbocycles. The van der Waals surface area contributed by atoms with Gasteiger partial charge in [0, 0.05) is 10.0 Å². The van der Waals surface area contributed by atoms with Gasteiger partial charge in [0.15, 0.2) is 5.78 Å². The first-order valence-corrected chi connectivity index (χ1v) is 6.10. The first-order valence-electron chi connectivity index (χ1n) is 5.30. The fraction of sp³-hybridized carbons (Fsp3) is 0.417. The number of rotatable bonds is 2. The molecule has 0 spiro atoms. The number of nitrogens with one attached hydrogen (secondary N) is 1. The van der Waals surface area contributed by atoms with Crippen molar-refractivity contribution >= 4 is 21.7 Å². The van der Waals surface area contributed by atoms with Crippen molar-refractivity contribution in [1.29, 1.82) is 0 Å². The van der Waals surface area contributed by atoms with Crippen molar-refractivity contribution < 1.29 is 4.79 Å². The molecule has 0 amide bonds. The van der Waals surface area contributed by atoms with Gasteiger partial charge in [-0.3, -0.25) is 4.79 Å². The molecule has 2 rings (SSSR count). The Morgan fingerprint density at radius 2 is 2.27 bits per heavy atom. The Morgan fingerprint density at radius 1 is 1.40 bits per heavy atom. The van der Waals surface area contributed by atoms with Gasteiger partial charge in [-0.15, -0.1) is 0 Å². The highest BCUT2D eigenvalue weighted by molar-refractivity contribution is 9.10. The number of halogens is 1. The Balaban J connectivity index is 2.12. The highest BCUT2D eigenvalue weighted by Crippen LogP contribution is 2.16. The van der Waals surface area contributed by atoms with Crippen molar-refractivity contribution in [2.75, 3.05) is 6.54 Å². The maximum atomic E-state index is 12.1. The van der Waals surface area contributed by atoms with Crippen LogP contribution in [0.4, 0.5) is 0 Å². The molecule has 0 radical (unpaired) electrons. The standard InChI is InChI=1S/C12H14BrNO/c13-10-5-3-4-9(8-10)12(15)11-6-1-2-7-14-11/h3-5,8,11,14H,1-2,6-7H2/t11-/m0/s1. The van der Waals surface area contributed by atoms with E-state index in [9.17, 15) is 4.79 Å². The van der Waals surface area contributed by atoms with Crippen LogP contribution in [0.25, 0.3) is 0 Å². The van der Waals surface area contributed by atoms with Gasteiger partial charge in [0.05, 0.1) is 6.04 Å². The molecule has 0 unspecified atom stereocenters. The average molecular weight is 268 g/mol. The second kappa shape index (κ2) is 4.90. The number of carbonyl (C=O) groups excluding carboxylic acids is 1. The largest absolute Gasteiger partial charge is 0.307 e. The van der Waals surface area contributed by atoms with E-state index in [1.54, 1.807) is 0 Å². The Bertz CT molecular complexity index is 358. The summed E-state index contributed by atoms with van der Waals surface area (Å²) < 4.78 is 0.962. The highest BCUT2D eigenvalue weighted by atomic mass is 79.9. The second-order valence-electron chi connectivity index (χ2n) is 3.88. The first-order chi connectivity index (χ1) is 7.27. The Labute approximate surface area is 98.2 Å². The minimum absolute atomic E-state index is 0.0213. The maximum Gasteiger partial charge on any atom is 0.179 e. The van der Waals surface area contributed by atoms with Crippen molar-refractivity contribution in [3.8, 4) is 0 Å². The molecule has 80 valence electrons. The lowest BCUT2D eigenvalue weighted by atomic mass is 9.96. The van der Waals surface area contributed by atoms with Crippen molar-refractivity contribution in [3.63, 3.8) is 0 Å². The lowest BCUT2D eigenvalue weighted by molar-refractivity contribution is 0.0927. The molecule has 0 bridgehead atoms. The zero-order valence-electron chi connectivity index (χ0n) is 8.50. The quantitative estimate of drug-likeness (QED) is 0.836. The van der Waals surface area contributed by atoms with Gasteiger partial charge in [0.2, 0.25) is 0 Å². The molecule has 3 heteroatoms. The Morgan fingerprint density at radius 3 is 2.93 bits per heavy atom. The van der Waals surface area contributed by atoms with Crippen LogP contribution in [0, 0.1) is 0 Å². The van der Waals surface area contributed by atoms with E-state index in [1.807, 2.05) is 24.3 Å². The molecule has 1 heterocycles. The van der Waals surface area contributed by atoms with Crippen LogP contribution in [-0.4, -0.2) is 18.4 Å². The molecular weight excluding hydrogens is 254 g/mol. The molecule has 1 fully saturated rings. The molecule has 2 nitrogen and oxygen atoms in total. The van der Waals surface area contributed by atoms with E-state index in [2.05, 4.69) is 21.2 Å². The molecule has 0 aromatic heterocycles. The lowest BCUT2D eigenvalue weighted by Crippen LogP contribution is -2.40. The topological polar surface area (TPSA) is 29.1 Å². The number of hydrogen-bond acceptors (Lipinski definition) is 2. The molecule has 1 aromatic carbocycles. The summed E-state index contributed by atoms with van der Waals surface area (Å²) in [6.45, 7) is 0.963. The summed E-state index contributed by atoms with van der Waals surface area (Å²) in [6, 6.07) is 7.63. The number of carbonyl (C=O) groups is 1. The van der Waals surface area contributed by atoms with E-state index >= 15 is 0 Å². The predicted octanol–water partition coefficient (Wildman–Crippen LogP) is 2.77. The molecule has 0 aliphatic carbocycles. The van der Waals surface area contributed by atoms with Crippen molar-refractivity contribution in [1.82, 2.24) is 5.32 Å². The monoisotopic (exact) mass is 267 g/mol. The van der Waals surface area contributed by atoms with Crippen molar-refractivity contribution in [2.45, 2.75) is 25.3 Å². The number of hydrogen-bond donors (Lipinski definition) is 1. The summed E-state index contributed by atoms with van der Waals surface area (Å²) >= 11 is 3.38.